The normalized spacial score (nSPS) is 12.5. The molecule has 2 nitrogen and oxygen atoms in total. The van der Waals surface area contributed by atoms with Crippen LogP contribution in [0.15, 0.2) is 18.2 Å². The highest BCUT2D eigenvalue weighted by Gasteiger charge is 2.06. The van der Waals surface area contributed by atoms with Crippen molar-refractivity contribution in [3.8, 4) is 5.75 Å². The van der Waals surface area contributed by atoms with Crippen LogP contribution in [0.25, 0.3) is 0 Å². The molecule has 0 fully saturated rings. The van der Waals surface area contributed by atoms with E-state index in [0.717, 1.165) is 25.3 Å². The van der Waals surface area contributed by atoms with Crippen LogP contribution >= 0.6 is 0 Å². The van der Waals surface area contributed by atoms with E-state index in [0.29, 0.717) is 6.04 Å². The zero-order chi connectivity index (χ0) is 12.7. The molecule has 1 rings (SSSR count). The summed E-state index contributed by atoms with van der Waals surface area (Å²) >= 11 is 0. The van der Waals surface area contributed by atoms with Crippen molar-refractivity contribution in [2.75, 3.05) is 13.2 Å². The third kappa shape index (κ3) is 5.22. The second-order valence-corrected chi connectivity index (χ2v) is 4.69. The van der Waals surface area contributed by atoms with Gasteiger partial charge in [0.05, 0.1) is 0 Å². The molecule has 0 amide bonds. The molecule has 1 atom stereocenters. The zero-order valence-corrected chi connectivity index (χ0v) is 11.5. The van der Waals surface area contributed by atoms with Gasteiger partial charge in [-0.15, -0.1) is 0 Å². The number of benzene rings is 1. The first kappa shape index (κ1) is 14.0. The topological polar surface area (TPSA) is 21.3 Å². The van der Waals surface area contributed by atoms with E-state index in [1.807, 2.05) is 0 Å². The van der Waals surface area contributed by atoms with E-state index >= 15 is 0 Å². The molecule has 0 heterocycles. The van der Waals surface area contributed by atoms with Gasteiger partial charge in [-0.2, -0.15) is 0 Å². The van der Waals surface area contributed by atoms with E-state index in [1.54, 1.807) is 0 Å². The molecule has 17 heavy (non-hydrogen) atoms. The zero-order valence-electron chi connectivity index (χ0n) is 11.5. The number of nitrogens with one attached hydrogen (secondary N) is 1. The van der Waals surface area contributed by atoms with Gasteiger partial charge in [0.15, 0.2) is 0 Å². The van der Waals surface area contributed by atoms with Gasteiger partial charge in [0.2, 0.25) is 0 Å². The highest BCUT2D eigenvalue weighted by molar-refractivity contribution is 5.32. The minimum absolute atomic E-state index is 0.454. The Morgan fingerprint density at radius 1 is 1.12 bits per heavy atom. The van der Waals surface area contributed by atoms with Gasteiger partial charge in [-0.3, -0.25) is 0 Å². The van der Waals surface area contributed by atoms with Gasteiger partial charge < -0.3 is 10.1 Å². The van der Waals surface area contributed by atoms with Crippen LogP contribution in [0.5, 0.6) is 5.75 Å². The minimum Gasteiger partial charge on any atom is -0.492 e. The third-order valence-electron chi connectivity index (χ3n) is 2.82. The van der Waals surface area contributed by atoms with Gasteiger partial charge in [0.1, 0.15) is 12.4 Å². The molecule has 1 aromatic rings. The molecule has 1 N–H and O–H groups in total. The fourth-order valence-corrected chi connectivity index (χ4v) is 1.88. The minimum atomic E-state index is 0.454. The van der Waals surface area contributed by atoms with E-state index in [1.165, 1.54) is 17.5 Å². The lowest BCUT2D eigenvalue weighted by atomic mass is 10.1. The fraction of sp³-hybridized carbons (Fsp3) is 0.600. The third-order valence-corrected chi connectivity index (χ3v) is 2.82. The molecule has 0 saturated heterocycles. The molecule has 2 heteroatoms. The molecule has 0 aromatic heterocycles. The summed E-state index contributed by atoms with van der Waals surface area (Å²) < 4.78 is 5.86. The summed E-state index contributed by atoms with van der Waals surface area (Å²) in [5, 5.41) is 3.49. The van der Waals surface area contributed by atoms with Crippen molar-refractivity contribution in [3.63, 3.8) is 0 Å². The molecule has 1 unspecified atom stereocenters. The van der Waals surface area contributed by atoms with Crippen LogP contribution in [-0.2, 0) is 0 Å². The van der Waals surface area contributed by atoms with Crippen molar-refractivity contribution in [1.82, 2.24) is 5.32 Å². The van der Waals surface area contributed by atoms with Gasteiger partial charge in [-0.05, 0) is 56.5 Å². The second kappa shape index (κ2) is 7.33. The van der Waals surface area contributed by atoms with Crippen LogP contribution in [0, 0.1) is 13.8 Å². The Bertz CT molecular complexity index is 315. The van der Waals surface area contributed by atoms with Crippen LogP contribution in [0.3, 0.4) is 0 Å². The molecular formula is C15H25NO. The Hall–Kier alpha value is -1.02. The standard InChI is InChI=1S/C15H25NO/c1-5-7-16-14(6-2)11-17-15-9-12(3)8-13(4)10-15/h8-10,14,16H,5-7,11H2,1-4H3. The number of ether oxygens (including phenoxy) is 1. The lowest BCUT2D eigenvalue weighted by Crippen LogP contribution is -2.34. The van der Waals surface area contributed by atoms with Gasteiger partial charge >= 0.3 is 0 Å². The maximum absolute atomic E-state index is 5.86. The van der Waals surface area contributed by atoms with E-state index in [-0.39, 0.29) is 0 Å². The Labute approximate surface area is 105 Å². The van der Waals surface area contributed by atoms with E-state index in [9.17, 15) is 0 Å². The van der Waals surface area contributed by atoms with Gasteiger partial charge in [0, 0.05) is 6.04 Å². The summed E-state index contributed by atoms with van der Waals surface area (Å²) in [6.07, 6.45) is 2.27. The predicted molar refractivity (Wildman–Crippen MR) is 73.8 cm³/mol. The van der Waals surface area contributed by atoms with Crippen LogP contribution in [-0.4, -0.2) is 19.2 Å². The molecule has 96 valence electrons. The van der Waals surface area contributed by atoms with Crippen molar-refractivity contribution in [2.24, 2.45) is 0 Å². The maximum atomic E-state index is 5.86. The molecule has 0 aliphatic carbocycles. The average molecular weight is 235 g/mol. The van der Waals surface area contributed by atoms with E-state index in [4.69, 9.17) is 4.74 Å². The van der Waals surface area contributed by atoms with Crippen LogP contribution in [0.2, 0.25) is 0 Å². The summed E-state index contributed by atoms with van der Waals surface area (Å²) in [6, 6.07) is 6.81. The van der Waals surface area contributed by atoms with Crippen molar-refractivity contribution in [3.05, 3.63) is 29.3 Å². The SMILES string of the molecule is CCCNC(CC)COc1cc(C)cc(C)c1. The lowest BCUT2D eigenvalue weighted by Gasteiger charge is -2.17. The van der Waals surface area contributed by atoms with Crippen molar-refractivity contribution < 1.29 is 4.74 Å². The van der Waals surface area contributed by atoms with Crippen LogP contribution < -0.4 is 10.1 Å². The summed E-state index contributed by atoms with van der Waals surface area (Å²) in [4.78, 5) is 0. The summed E-state index contributed by atoms with van der Waals surface area (Å²) in [6.45, 7) is 10.4. The molecule has 1 aromatic carbocycles. The maximum Gasteiger partial charge on any atom is 0.119 e. The number of aryl methyl sites for hydroxylation is 2. The first-order valence-corrected chi connectivity index (χ1v) is 6.60. The first-order chi connectivity index (χ1) is 8.15. The van der Waals surface area contributed by atoms with Crippen LogP contribution in [0.4, 0.5) is 0 Å². The molecular weight excluding hydrogens is 210 g/mol. The molecule has 0 spiro atoms. The Balaban J connectivity index is 2.47. The summed E-state index contributed by atoms with van der Waals surface area (Å²) in [5.74, 6) is 0.985. The summed E-state index contributed by atoms with van der Waals surface area (Å²) in [7, 11) is 0. The molecule has 0 aliphatic rings. The molecule has 0 aliphatic heterocycles. The fourth-order valence-electron chi connectivity index (χ4n) is 1.88. The average Bonchev–Trinajstić information content (AvgIpc) is 2.28. The first-order valence-electron chi connectivity index (χ1n) is 6.60. The van der Waals surface area contributed by atoms with Gasteiger partial charge in [-0.25, -0.2) is 0 Å². The van der Waals surface area contributed by atoms with Crippen molar-refractivity contribution >= 4 is 0 Å². The lowest BCUT2D eigenvalue weighted by molar-refractivity contribution is 0.260. The monoisotopic (exact) mass is 235 g/mol. The number of hydrogen-bond acceptors (Lipinski definition) is 2. The van der Waals surface area contributed by atoms with Crippen molar-refractivity contribution in [1.29, 1.82) is 0 Å². The number of hydrogen-bond donors (Lipinski definition) is 1. The highest BCUT2D eigenvalue weighted by Crippen LogP contribution is 2.16. The molecule has 0 saturated carbocycles. The van der Waals surface area contributed by atoms with E-state index < -0.39 is 0 Å². The molecule has 0 bridgehead atoms. The van der Waals surface area contributed by atoms with Crippen LogP contribution in [0.1, 0.15) is 37.8 Å². The Kier molecular flexibility index (Phi) is 6.06. The smallest absolute Gasteiger partial charge is 0.119 e. The quantitative estimate of drug-likeness (QED) is 0.781. The van der Waals surface area contributed by atoms with Gasteiger partial charge in [0.25, 0.3) is 0 Å². The largest absolute Gasteiger partial charge is 0.492 e. The Morgan fingerprint density at radius 3 is 2.29 bits per heavy atom. The molecule has 0 radical (unpaired) electrons. The highest BCUT2D eigenvalue weighted by atomic mass is 16.5. The number of rotatable bonds is 7. The van der Waals surface area contributed by atoms with E-state index in [2.05, 4.69) is 51.2 Å². The summed E-state index contributed by atoms with van der Waals surface area (Å²) in [5.41, 5.74) is 2.52. The Morgan fingerprint density at radius 2 is 1.76 bits per heavy atom. The second-order valence-electron chi connectivity index (χ2n) is 4.69. The van der Waals surface area contributed by atoms with Crippen molar-refractivity contribution in [2.45, 2.75) is 46.6 Å². The predicted octanol–water partition coefficient (Wildman–Crippen LogP) is 3.46. The van der Waals surface area contributed by atoms with Gasteiger partial charge in [-0.1, -0.05) is 19.9 Å².